The molecule has 4 heteroatoms. The molecule has 3 rings (SSSR count). The van der Waals surface area contributed by atoms with Crippen LogP contribution in [0.25, 0.3) is 11.0 Å². The van der Waals surface area contributed by atoms with Crippen molar-refractivity contribution in [3.8, 4) is 5.75 Å². The zero-order valence-electron chi connectivity index (χ0n) is 7.64. The van der Waals surface area contributed by atoms with Gasteiger partial charge in [-0.15, -0.1) is 0 Å². The Bertz CT molecular complexity index is 503. The average molecular weight is 189 g/mol. The monoisotopic (exact) mass is 189 g/mol. The first-order chi connectivity index (χ1) is 6.75. The standard InChI is InChI=1S/C10H11N3O/c11-6-4-9-12-10-7(13(9)5-6)2-1-3-8(10)14/h1-3,6,14H,4-5,11H2. The van der Waals surface area contributed by atoms with Crippen molar-refractivity contribution in [1.29, 1.82) is 0 Å². The predicted octanol–water partition coefficient (Wildman–Crippen LogP) is 0.625. The van der Waals surface area contributed by atoms with Crippen LogP contribution >= 0.6 is 0 Å². The fourth-order valence-corrected chi connectivity index (χ4v) is 2.07. The number of phenolic OH excluding ortho intramolecular Hbond substituents is 1. The van der Waals surface area contributed by atoms with Gasteiger partial charge in [-0.1, -0.05) is 6.07 Å². The Kier molecular flexibility index (Phi) is 1.39. The molecular formula is C10H11N3O. The highest BCUT2D eigenvalue weighted by molar-refractivity contribution is 5.82. The maximum absolute atomic E-state index is 9.59. The summed E-state index contributed by atoms with van der Waals surface area (Å²) >= 11 is 0. The van der Waals surface area contributed by atoms with Crippen molar-refractivity contribution in [2.45, 2.75) is 19.0 Å². The lowest BCUT2D eigenvalue weighted by molar-refractivity contribution is 0.480. The normalized spacial score (nSPS) is 20.2. The van der Waals surface area contributed by atoms with E-state index in [1.807, 2.05) is 12.1 Å². The van der Waals surface area contributed by atoms with Crippen LogP contribution in [0.3, 0.4) is 0 Å². The van der Waals surface area contributed by atoms with Crippen LogP contribution in [0.1, 0.15) is 5.82 Å². The molecule has 0 fully saturated rings. The maximum atomic E-state index is 9.59. The van der Waals surface area contributed by atoms with Gasteiger partial charge in [-0.3, -0.25) is 0 Å². The number of aromatic nitrogens is 2. The van der Waals surface area contributed by atoms with Crippen LogP contribution in [0.5, 0.6) is 5.75 Å². The summed E-state index contributed by atoms with van der Waals surface area (Å²) in [5.41, 5.74) is 7.50. The zero-order chi connectivity index (χ0) is 9.71. The molecule has 1 aliphatic rings. The molecular weight excluding hydrogens is 178 g/mol. The Morgan fingerprint density at radius 1 is 1.50 bits per heavy atom. The molecule has 0 radical (unpaired) electrons. The molecule has 1 aromatic heterocycles. The first-order valence-corrected chi connectivity index (χ1v) is 4.68. The van der Waals surface area contributed by atoms with Gasteiger partial charge in [0.2, 0.25) is 0 Å². The van der Waals surface area contributed by atoms with Crippen LogP contribution in [0, 0.1) is 0 Å². The van der Waals surface area contributed by atoms with Gasteiger partial charge >= 0.3 is 0 Å². The zero-order valence-corrected chi connectivity index (χ0v) is 7.64. The number of nitrogens with two attached hydrogens (primary N) is 1. The average Bonchev–Trinajstić information content (AvgIpc) is 2.63. The summed E-state index contributed by atoms with van der Waals surface area (Å²) in [5.74, 6) is 1.23. The number of hydrogen-bond donors (Lipinski definition) is 2. The topological polar surface area (TPSA) is 64.1 Å². The SMILES string of the molecule is NC1Cc2nc3c(O)cccc3n2C1. The van der Waals surface area contributed by atoms with Gasteiger partial charge < -0.3 is 15.4 Å². The molecule has 0 amide bonds. The minimum absolute atomic E-state index is 0.171. The quantitative estimate of drug-likeness (QED) is 0.638. The number of phenols is 1. The van der Waals surface area contributed by atoms with Crippen LogP contribution < -0.4 is 5.73 Å². The molecule has 0 saturated carbocycles. The Balaban J connectivity index is 2.33. The van der Waals surface area contributed by atoms with Crippen molar-refractivity contribution in [3.05, 3.63) is 24.0 Å². The highest BCUT2D eigenvalue weighted by atomic mass is 16.3. The summed E-state index contributed by atoms with van der Waals surface area (Å²) in [6.45, 7) is 0.801. The number of para-hydroxylation sites is 1. The van der Waals surface area contributed by atoms with Gasteiger partial charge in [0.25, 0.3) is 0 Å². The van der Waals surface area contributed by atoms with Gasteiger partial charge in [0, 0.05) is 19.0 Å². The molecule has 0 bridgehead atoms. The number of nitrogens with zero attached hydrogens (tertiary/aromatic N) is 2. The molecule has 4 nitrogen and oxygen atoms in total. The number of rotatable bonds is 0. The van der Waals surface area contributed by atoms with E-state index in [2.05, 4.69) is 9.55 Å². The molecule has 14 heavy (non-hydrogen) atoms. The van der Waals surface area contributed by atoms with Gasteiger partial charge in [-0.05, 0) is 12.1 Å². The van der Waals surface area contributed by atoms with Crippen LogP contribution in [0.15, 0.2) is 18.2 Å². The largest absolute Gasteiger partial charge is 0.506 e. The van der Waals surface area contributed by atoms with Gasteiger partial charge in [0.05, 0.1) is 5.52 Å². The van der Waals surface area contributed by atoms with Crippen molar-refractivity contribution in [3.63, 3.8) is 0 Å². The third-order valence-electron chi connectivity index (χ3n) is 2.70. The fourth-order valence-electron chi connectivity index (χ4n) is 2.07. The Labute approximate surface area is 81.0 Å². The maximum Gasteiger partial charge on any atom is 0.143 e. The molecule has 2 aromatic rings. The Morgan fingerprint density at radius 3 is 3.21 bits per heavy atom. The molecule has 1 aromatic carbocycles. The number of hydrogen-bond acceptors (Lipinski definition) is 3. The van der Waals surface area contributed by atoms with Crippen LogP contribution in [0.2, 0.25) is 0 Å². The summed E-state index contributed by atoms with van der Waals surface area (Å²) in [5, 5.41) is 9.59. The number of benzene rings is 1. The van der Waals surface area contributed by atoms with Crippen molar-refractivity contribution in [2.75, 3.05) is 0 Å². The van der Waals surface area contributed by atoms with Crippen LogP contribution in [-0.2, 0) is 13.0 Å². The van der Waals surface area contributed by atoms with Crippen LogP contribution in [0.4, 0.5) is 0 Å². The second-order valence-corrected chi connectivity index (χ2v) is 3.75. The molecule has 0 aliphatic carbocycles. The summed E-state index contributed by atoms with van der Waals surface area (Å²) in [6.07, 6.45) is 0.800. The predicted molar refractivity (Wildman–Crippen MR) is 53.1 cm³/mol. The summed E-state index contributed by atoms with van der Waals surface area (Å²) in [6, 6.07) is 5.62. The fraction of sp³-hybridized carbons (Fsp3) is 0.300. The van der Waals surface area contributed by atoms with E-state index in [4.69, 9.17) is 5.73 Å². The van der Waals surface area contributed by atoms with E-state index in [-0.39, 0.29) is 11.8 Å². The third kappa shape index (κ3) is 0.886. The second kappa shape index (κ2) is 2.48. The second-order valence-electron chi connectivity index (χ2n) is 3.75. The third-order valence-corrected chi connectivity index (χ3v) is 2.70. The lowest BCUT2D eigenvalue weighted by atomic mass is 10.2. The minimum Gasteiger partial charge on any atom is -0.506 e. The highest BCUT2D eigenvalue weighted by Gasteiger charge is 2.22. The van der Waals surface area contributed by atoms with E-state index < -0.39 is 0 Å². The van der Waals surface area contributed by atoms with E-state index in [9.17, 15) is 5.11 Å². The molecule has 72 valence electrons. The molecule has 1 aliphatic heterocycles. The molecule has 1 unspecified atom stereocenters. The smallest absolute Gasteiger partial charge is 0.143 e. The first kappa shape index (κ1) is 7.82. The van der Waals surface area contributed by atoms with Crippen LogP contribution in [-0.4, -0.2) is 20.7 Å². The van der Waals surface area contributed by atoms with Crippen molar-refractivity contribution >= 4 is 11.0 Å². The number of imidazole rings is 1. The lowest BCUT2D eigenvalue weighted by Crippen LogP contribution is -2.20. The van der Waals surface area contributed by atoms with Gasteiger partial charge in [-0.2, -0.15) is 0 Å². The minimum atomic E-state index is 0.171. The molecule has 0 spiro atoms. The van der Waals surface area contributed by atoms with Gasteiger partial charge in [-0.25, -0.2) is 4.98 Å². The molecule has 3 N–H and O–H groups in total. The Morgan fingerprint density at radius 2 is 2.36 bits per heavy atom. The first-order valence-electron chi connectivity index (χ1n) is 4.68. The Hall–Kier alpha value is -1.55. The van der Waals surface area contributed by atoms with E-state index in [0.29, 0.717) is 5.52 Å². The molecule has 2 heterocycles. The highest BCUT2D eigenvalue weighted by Crippen LogP contribution is 2.27. The van der Waals surface area contributed by atoms with E-state index in [1.54, 1.807) is 6.07 Å². The van der Waals surface area contributed by atoms with E-state index in [0.717, 1.165) is 24.3 Å². The number of fused-ring (bicyclic) bond motifs is 3. The van der Waals surface area contributed by atoms with E-state index in [1.165, 1.54) is 0 Å². The molecule has 0 saturated heterocycles. The summed E-state index contributed by atoms with van der Waals surface area (Å²) < 4.78 is 2.08. The van der Waals surface area contributed by atoms with Gasteiger partial charge in [0.15, 0.2) is 0 Å². The summed E-state index contributed by atoms with van der Waals surface area (Å²) in [7, 11) is 0. The van der Waals surface area contributed by atoms with E-state index >= 15 is 0 Å². The lowest BCUT2D eigenvalue weighted by Gasteiger charge is -2.01. The molecule has 1 atom stereocenters. The summed E-state index contributed by atoms with van der Waals surface area (Å²) in [4.78, 5) is 4.38. The van der Waals surface area contributed by atoms with Gasteiger partial charge in [0.1, 0.15) is 17.1 Å². The van der Waals surface area contributed by atoms with Crippen molar-refractivity contribution < 1.29 is 5.11 Å². The van der Waals surface area contributed by atoms with Crippen molar-refractivity contribution in [1.82, 2.24) is 9.55 Å². The van der Waals surface area contributed by atoms with Crippen molar-refractivity contribution in [2.24, 2.45) is 5.73 Å². The number of aromatic hydroxyl groups is 1.